The van der Waals surface area contributed by atoms with Gasteiger partial charge in [0.2, 0.25) is 0 Å². The van der Waals surface area contributed by atoms with Gasteiger partial charge in [-0.2, -0.15) is 0 Å². The van der Waals surface area contributed by atoms with E-state index in [9.17, 15) is 4.79 Å². The Balaban J connectivity index is 2.09. The Labute approximate surface area is 122 Å². The largest absolute Gasteiger partial charge is 0.374 e. The number of anilines is 2. The molecule has 0 fully saturated rings. The zero-order chi connectivity index (χ0) is 14.3. The van der Waals surface area contributed by atoms with Crippen molar-refractivity contribution in [3.8, 4) is 11.3 Å². The summed E-state index contributed by atoms with van der Waals surface area (Å²) in [5, 5.41) is 3.80. The highest BCUT2D eigenvalue weighted by Gasteiger charge is 2.20. The summed E-state index contributed by atoms with van der Waals surface area (Å²) in [6.45, 7) is 2.65. The number of nitrogens with one attached hydrogen (secondary N) is 1. The van der Waals surface area contributed by atoms with Gasteiger partial charge in [-0.1, -0.05) is 17.4 Å². The Morgan fingerprint density at radius 2 is 2.25 bits per heavy atom. The average Bonchev–Trinajstić information content (AvgIpc) is 3.03. The number of fused-ring (bicyclic) bond motifs is 1. The van der Waals surface area contributed by atoms with E-state index in [0.29, 0.717) is 0 Å². The number of ketones is 1. The van der Waals surface area contributed by atoms with Crippen molar-refractivity contribution in [1.29, 1.82) is 0 Å². The smallest absolute Gasteiger partial charge is 0.183 e. The van der Waals surface area contributed by atoms with Crippen LogP contribution in [0.3, 0.4) is 0 Å². The van der Waals surface area contributed by atoms with Crippen molar-refractivity contribution in [3.63, 3.8) is 0 Å². The lowest BCUT2D eigenvalue weighted by atomic mass is 10.0. The summed E-state index contributed by atoms with van der Waals surface area (Å²) >= 11 is 1.41. The van der Waals surface area contributed by atoms with Crippen LogP contribution in [0.1, 0.15) is 22.2 Å². The van der Waals surface area contributed by atoms with E-state index in [1.165, 1.54) is 22.6 Å². The highest BCUT2D eigenvalue weighted by Crippen LogP contribution is 2.35. The summed E-state index contributed by atoms with van der Waals surface area (Å²) in [5.74, 6) is 0.0663. The minimum absolute atomic E-state index is 0.0663. The molecule has 0 spiro atoms. The Kier molecular flexibility index (Phi) is 3.22. The van der Waals surface area contributed by atoms with E-state index < -0.39 is 0 Å². The van der Waals surface area contributed by atoms with E-state index in [0.717, 1.165) is 34.2 Å². The summed E-state index contributed by atoms with van der Waals surface area (Å²) in [5.41, 5.74) is 4.44. The molecule has 1 aromatic heterocycles. The first kappa shape index (κ1) is 13.1. The number of nitrogens with zero attached hydrogens (tertiary/aromatic N) is 2. The first-order valence-corrected chi connectivity index (χ1v) is 7.45. The molecule has 0 saturated heterocycles. The van der Waals surface area contributed by atoms with Gasteiger partial charge >= 0.3 is 0 Å². The first-order chi connectivity index (χ1) is 9.60. The molecule has 1 aliphatic heterocycles. The highest BCUT2D eigenvalue weighted by molar-refractivity contribution is 7.18. The number of thiazole rings is 1. The fourth-order valence-electron chi connectivity index (χ4n) is 2.58. The molecule has 1 aliphatic rings. The normalized spacial score (nSPS) is 13.4. The van der Waals surface area contributed by atoms with Gasteiger partial charge in [-0.25, -0.2) is 4.98 Å². The van der Waals surface area contributed by atoms with E-state index in [4.69, 9.17) is 0 Å². The van der Waals surface area contributed by atoms with Gasteiger partial charge in [-0.05, 0) is 24.1 Å². The maximum absolute atomic E-state index is 11.8. The van der Waals surface area contributed by atoms with Gasteiger partial charge in [-0.15, -0.1) is 0 Å². The van der Waals surface area contributed by atoms with Crippen molar-refractivity contribution >= 4 is 27.9 Å². The number of carbonyl (C=O) groups excluding carboxylic acids is 1. The summed E-state index contributed by atoms with van der Waals surface area (Å²) in [7, 11) is 3.93. The average molecular weight is 287 g/mol. The van der Waals surface area contributed by atoms with Crippen LogP contribution in [0, 0.1) is 0 Å². The predicted octanol–water partition coefficient (Wildman–Crippen LogP) is 3.05. The molecule has 0 atom stereocenters. The first-order valence-electron chi connectivity index (χ1n) is 6.64. The third-order valence-electron chi connectivity index (χ3n) is 3.64. The van der Waals surface area contributed by atoms with E-state index in [-0.39, 0.29) is 5.78 Å². The number of Topliss-reactive ketones (excluding diaryl/α,β-unsaturated/α-hetero) is 1. The van der Waals surface area contributed by atoms with Crippen LogP contribution >= 0.6 is 11.3 Å². The molecule has 0 unspecified atom stereocenters. The lowest BCUT2D eigenvalue weighted by Crippen LogP contribution is -2.12. The molecule has 0 bridgehead atoms. The molecule has 3 rings (SSSR count). The Morgan fingerprint density at radius 3 is 2.95 bits per heavy atom. The maximum atomic E-state index is 11.8. The number of rotatable bonds is 3. The van der Waals surface area contributed by atoms with Crippen LogP contribution in [0.15, 0.2) is 18.2 Å². The predicted molar refractivity (Wildman–Crippen MR) is 84.1 cm³/mol. The number of hydrogen-bond donors (Lipinski definition) is 1. The van der Waals surface area contributed by atoms with Crippen molar-refractivity contribution in [2.45, 2.75) is 13.3 Å². The zero-order valence-corrected chi connectivity index (χ0v) is 12.7. The summed E-state index contributed by atoms with van der Waals surface area (Å²) in [6, 6.07) is 6.35. The topological polar surface area (TPSA) is 45.2 Å². The van der Waals surface area contributed by atoms with Crippen molar-refractivity contribution in [2.24, 2.45) is 0 Å². The van der Waals surface area contributed by atoms with Gasteiger partial charge in [-0.3, -0.25) is 4.79 Å². The Morgan fingerprint density at radius 1 is 1.45 bits per heavy atom. The van der Waals surface area contributed by atoms with Crippen molar-refractivity contribution in [2.75, 3.05) is 30.9 Å². The van der Waals surface area contributed by atoms with Crippen LogP contribution < -0.4 is 10.2 Å². The lowest BCUT2D eigenvalue weighted by Gasteiger charge is -2.11. The highest BCUT2D eigenvalue weighted by atomic mass is 32.1. The van der Waals surface area contributed by atoms with Gasteiger partial charge in [0.15, 0.2) is 10.9 Å². The molecular formula is C15H17N3OS. The molecule has 5 heteroatoms. The second kappa shape index (κ2) is 4.90. The van der Waals surface area contributed by atoms with Gasteiger partial charge in [0.1, 0.15) is 0 Å². The zero-order valence-electron chi connectivity index (χ0n) is 11.9. The van der Waals surface area contributed by atoms with Crippen LogP contribution in [0.25, 0.3) is 11.3 Å². The Bertz CT molecular complexity index is 678. The standard InChI is InChI=1S/C15H17N3OS/c1-9(19)14-13(17-15(16-2)20-14)11-4-5-12-10(8-11)6-7-18(12)3/h4-5,8H,6-7H2,1-3H3,(H,16,17). The second-order valence-corrected chi connectivity index (χ2v) is 6.02. The second-order valence-electron chi connectivity index (χ2n) is 5.02. The van der Waals surface area contributed by atoms with Crippen LogP contribution in [-0.4, -0.2) is 31.4 Å². The van der Waals surface area contributed by atoms with E-state index in [1.807, 2.05) is 7.05 Å². The molecule has 0 amide bonds. The quantitative estimate of drug-likeness (QED) is 0.881. The fourth-order valence-corrected chi connectivity index (χ4v) is 3.41. The molecule has 4 nitrogen and oxygen atoms in total. The van der Waals surface area contributed by atoms with E-state index in [1.54, 1.807) is 6.92 Å². The Hall–Kier alpha value is -1.88. The summed E-state index contributed by atoms with van der Waals surface area (Å²) in [4.78, 5) is 19.3. The molecule has 104 valence electrons. The maximum Gasteiger partial charge on any atom is 0.183 e. The van der Waals surface area contributed by atoms with Crippen molar-refractivity contribution < 1.29 is 4.79 Å². The molecule has 1 N–H and O–H groups in total. The summed E-state index contributed by atoms with van der Waals surface area (Å²) in [6.07, 6.45) is 1.05. The number of aromatic nitrogens is 1. The van der Waals surface area contributed by atoms with Gasteiger partial charge in [0.25, 0.3) is 0 Å². The van der Waals surface area contributed by atoms with Gasteiger partial charge in [0, 0.05) is 38.8 Å². The van der Waals surface area contributed by atoms with Gasteiger partial charge in [0.05, 0.1) is 10.6 Å². The molecule has 2 heterocycles. The van der Waals surface area contributed by atoms with Gasteiger partial charge < -0.3 is 10.2 Å². The monoisotopic (exact) mass is 287 g/mol. The third-order valence-corrected chi connectivity index (χ3v) is 4.82. The van der Waals surface area contributed by atoms with Crippen molar-refractivity contribution in [3.05, 3.63) is 28.6 Å². The van der Waals surface area contributed by atoms with Crippen LogP contribution in [0.5, 0.6) is 0 Å². The van der Waals surface area contributed by atoms with Crippen molar-refractivity contribution in [1.82, 2.24) is 4.98 Å². The fraction of sp³-hybridized carbons (Fsp3) is 0.333. The molecule has 2 aromatic rings. The molecule has 0 aliphatic carbocycles. The molecule has 0 saturated carbocycles. The molecule has 0 radical (unpaired) electrons. The van der Waals surface area contributed by atoms with E-state index in [2.05, 4.69) is 40.4 Å². The lowest BCUT2D eigenvalue weighted by molar-refractivity contribution is 0.102. The number of hydrogen-bond acceptors (Lipinski definition) is 5. The minimum Gasteiger partial charge on any atom is -0.374 e. The van der Waals surface area contributed by atoms with Crippen LogP contribution in [0.2, 0.25) is 0 Å². The van der Waals surface area contributed by atoms with E-state index >= 15 is 0 Å². The summed E-state index contributed by atoms with van der Waals surface area (Å²) < 4.78 is 0. The number of likely N-dealkylation sites (N-methyl/N-ethyl adjacent to an activating group) is 1. The number of carbonyl (C=O) groups is 1. The molecule has 1 aromatic carbocycles. The van der Waals surface area contributed by atoms with Crippen LogP contribution in [0.4, 0.5) is 10.8 Å². The SMILES string of the molecule is CNc1nc(-c2ccc3c(c2)CCN3C)c(C(C)=O)s1. The minimum atomic E-state index is 0.0663. The number of benzene rings is 1. The molecule has 20 heavy (non-hydrogen) atoms. The molecular weight excluding hydrogens is 270 g/mol. The van der Waals surface area contributed by atoms with Crippen LogP contribution in [-0.2, 0) is 6.42 Å². The third kappa shape index (κ3) is 2.08.